The van der Waals surface area contributed by atoms with Crippen molar-refractivity contribution in [2.24, 2.45) is 0 Å². The average Bonchev–Trinajstić information content (AvgIpc) is 2.69. The average molecular weight is 266 g/mol. The van der Waals surface area contributed by atoms with Crippen LogP contribution in [0.1, 0.15) is 65.2 Å². The van der Waals surface area contributed by atoms with Crippen LogP contribution in [0.15, 0.2) is 0 Å². The largest absolute Gasteiger partial charge is 0.303 e. The molecule has 4 nitrogen and oxygen atoms in total. The Morgan fingerprint density at radius 1 is 1.16 bits per heavy atom. The van der Waals surface area contributed by atoms with E-state index in [1.807, 2.05) is 13.8 Å². The highest BCUT2D eigenvalue weighted by Crippen LogP contribution is 2.23. The first kappa shape index (κ1) is 14.5. The van der Waals surface area contributed by atoms with E-state index in [1.54, 1.807) is 0 Å². The number of carbonyl (C=O) groups excluding carboxylic acids is 2. The molecule has 0 bridgehead atoms. The van der Waals surface area contributed by atoms with E-state index in [-0.39, 0.29) is 23.9 Å². The van der Waals surface area contributed by atoms with E-state index in [4.69, 9.17) is 0 Å². The highest BCUT2D eigenvalue weighted by atomic mass is 16.2. The van der Waals surface area contributed by atoms with Crippen LogP contribution in [-0.2, 0) is 9.59 Å². The minimum atomic E-state index is -0.267. The molecule has 1 N–H and O–H groups in total. The smallest absolute Gasteiger partial charge is 0.247 e. The molecule has 0 aromatic rings. The van der Waals surface area contributed by atoms with Crippen molar-refractivity contribution < 1.29 is 9.59 Å². The number of rotatable bonds is 5. The molecule has 0 spiro atoms. The van der Waals surface area contributed by atoms with Crippen LogP contribution in [0.3, 0.4) is 0 Å². The summed E-state index contributed by atoms with van der Waals surface area (Å²) in [7, 11) is 0. The Morgan fingerprint density at radius 2 is 1.79 bits per heavy atom. The normalized spacial score (nSPS) is 25.6. The molecule has 0 radical (unpaired) electrons. The molecule has 0 aromatic carbocycles. The third-order valence-corrected chi connectivity index (χ3v) is 4.53. The lowest BCUT2D eigenvalue weighted by Gasteiger charge is -2.27. The number of nitrogens with one attached hydrogen (secondary N) is 1. The number of nitrogens with zero attached hydrogens (tertiary/aromatic N) is 1. The lowest BCUT2D eigenvalue weighted by atomic mass is 9.95. The van der Waals surface area contributed by atoms with Crippen molar-refractivity contribution in [2.75, 3.05) is 0 Å². The van der Waals surface area contributed by atoms with Crippen LogP contribution in [0.2, 0.25) is 0 Å². The Hall–Kier alpha value is -0.900. The summed E-state index contributed by atoms with van der Waals surface area (Å²) in [6, 6.07) is 0.242. The molecular formula is C15H26N2O2. The number of amides is 2. The molecule has 1 unspecified atom stereocenters. The van der Waals surface area contributed by atoms with Crippen molar-refractivity contribution in [2.45, 2.75) is 83.3 Å². The summed E-state index contributed by atoms with van der Waals surface area (Å²) in [5, 5.41) is 3.42. The van der Waals surface area contributed by atoms with Gasteiger partial charge in [0.05, 0.1) is 12.5 Å². The summed E-state index contributed by atoms with van der Waals surface area (Å²) in [6.07, 6.45) is 8.12. The summed E-state index contributed by atoms with van der Waals surface area (Å²) in [6.45, 7) is 4.08. The third kappa shape index (κ3) is 3.16. The zero-order valence-corrected chi connectivity index (χ0v) is 12.2. The van der Waals surface area contributed by atoms with Crippen LogP contribution in [-0.4, -0.2) is 34.8 Å². The summed E-state index contributed by atoms with van der Waals surface area (Å²) in [5.74, 6) is 0.0104. The predicted octanol–water partition coefficient (Wildman–Crippen LogP) is 2.22. The fraction of sp³-hybridized carbons (Fsp3) is 0.867. The molecule has 4 heteroatoms. The predicted molar refractivity (Wildman–Crippen MR) is 74.6 cm³/mol. The van der Waals surface area contributed by atoms with E-state index < -0.39 is 0 Å². The molecule has 1 atom stereocenters. The molecular weight excluding hydrogens is 240 g/mol. The van der Waals surface area contributed by atoms with Gasteiger partial charge in [-0.25, -0.2) is 0 Å². The quantitative estimate of drug-likeness (QED) is 0.776. The van der Waals surface area contributed by atoms with E-state index >= 15 is 0 Å². The fourth-order valence-corrected chi connectivity index (χ4v) is 3.37. The number of hydrogen-bond acceptors (Lipinski definition) is 3. The minimum Gasteiger partial charge on any atom is -0.303 e. The summed E-state index contributed by atoms with van der Waals surface area (Å²) in [4.78, 5) is 26.0. The van der Waals surface area contributed by atoms with Gasteiger partial charge in [0.15, 0.2) is 0 Å². The van der Waals surface area contributed by atoms with Gasteiger partial charge in [-0.15, -0.1) is 0 Å². The number of hydrogen-bond donors (Lipinski definition) is 1. The van der Waals surface area contributed by atoms with Crippen molar-refractivity contribution in [3.05, 3.63) is 0 Å². The standard InChI is InChI=1S/C15H26N2O2/c1-3-12(4-2)17-14(18)10-13(15(17)19)16-11-8-6-5-7-9-11/h11-13,16H,3-10H2,1-2H3. The van der Waals surface area contributed by atoms with Crippen LogP contribution in [0.4, 0.5) is 0 Å². The molecule has 1 heterocycles. The van der Waals surface area contributed by atoms with Crippen LogP contribution >= 0.6 is 0 Å². The zero-order valence-electron chi connectivity index (χ0n) is 12.2. The van der Waals surface area contributed by atoms with Gasteiger partial charge in [-0.3, -0.25) is 14.5 Å². The second-order valence-corrected chi connectivity index (χ2v) is 5.83. The van der Waals surface area contributed by atoms with Gasteiger partial charge in [-0.05, 0) is 25.7 Å². The number of likely N-dealkylation sites (tertiary alicyclic amines) is 1. The van der Waals surface area contributed by atoms with Gasteiger partial charge in [0.25, 0.3) is 0 Å². The highest BCUT2D eigenvalue weighted by Gasteiger charge is 2.41. The van der Waals surface area contributed by atoms with E-state index in [0.29, 0.717) is 12.5 Å². The summed E-state index contributed by atoms with van der Waals surface area (Å²) < 4.78 is 0. The SMILES string of the molecule is CCC(CC)N1C(=O)CC(NC2CCCCC2)C1=O. The van der Waals surface area contributed by atoms with Gasteiger partial charge in [0.2, 0.25) is 11.8 Å². The fourth-order valence-electron chi connectivity index (χ4n) is 3.37. The Kier molecular flexibility index (Phi) is 4.97. The first-order valence-electron chi connectivity index (χ1n) is 7.79. The van der Waals surface area contributed by atoms with E-state index in [9.17, 15) is 9.59 Å². The molecule has 2 amide bonds. The maximum absolute atomic E-state index is 12.4. The van der Waals surface area contributed by atoms with Crippen LogP contribution in [0, 0.1) is 0 Å². The van der Waals surface area contributed by atoms with Gasteiger partial charge < -0.3 is 5.32 Å². The minimum absolute atomic E-state index is 0.00396. The van der Waals surface area contributed by atoms with E-state index in [0.717, 1.165) is 25.7 Å². The lowest BCUT2D eigenvalue weighted by molar-refractivity contribution is -0.141. The molecule has 1 aliphatic carbocycles. The van der Waals surface area contributed by atoms with Crippen molar-refractivity contribution in [1.29, 1.82) is 0 Å². The van der Waals surface area contributed by atoms with Crippen LogP contribution < -0.4 is 5.32 Å². The van der Waals surface area contributed by atoms with E-state index in [2.05, 4.69) is 5.32 Å². The zero-order chi connectivity index (χ0) is 13.8. The Labute approximate surface area is 115 Å². The van der Waals surface area contributed by atoms with Crippen LogP contribution in [0.5, 0.6) is 0 Å². The second kappa shape index (κ2) is 6.51. The first-order chi connectivity index (χ1) is 9.17. The molecule has 0 aromatic heterocycles. The maximum atomic E-state index is 12.4. The first-order valence-corrected chi connectivity index (χ1v) is 7.79. The molecule has 2 aliphatic rings. The molecule has 2 fully saturated rings. The van der Waals surface area contributed by atoms with Gasteiger partial charge in [0.1, 0.15) is 0 Å². The Balaban J connectivity index is 1.96. The van der Waals surface area contributed by atoms with E-state index in [1.165, 1.54) is 24.2 Å². The summed E-state index contributed by atoms with van der Waals surface area (Å²) in [5.41, 5.74) is 0. The highest BCUT2D eigenvalue weighted by molar-refractivity contribution is 6.05. The Bertz CT molecular complexity index is 333. The number of carbonyl (C=O) groups is 2. The van der Waals surface area contributed by atoms with Crippen molar-refractivity contribution in [3.8, 4) is 0 Å². The van der Waals surface area contributed by atoms with Gasteiger partial charge in [-0.1, -0.05) is 33.1 Å². The monoisotopic (exact) mass is 266 g/mol. The molecule has 1 saturated heterocycles. The number of imide groups is 1. The molecule has 1 aliphatic heterocycles. The third-order valence-electron chi connectivity index (χ3n) is 4.53. The molecule has 1 saturated carbocycles. The topological polar surface area (TPSA) is 49.4 Å². The molecule has 19 heavy (non-hydrogen) atoms. The lowest BCUT2D eigenvalue weighted by Crippen LogP contribution is -2.46. The van der Waals surface area contributed by atoms with Gasteiger partial charge >= 0.3 is 0 Å². The van der Waals surface area contributed by atoms with Gasteiger partial charge in [0, 0.05) is 12.1 Å². The second-order valence-electron chi connectivity index (χ2n) is 5.83. The van der Waals surface area contributed by atoms with Crippen molar-refractivity contribution in [1.82, 2.24) is 10.2 Å². The van der Waals surface area contributed by atoms with Crippen molar-refractivity contribution in [3.63, 3.8) is 0 Å². The summed E-state index contributed by atoms with van der Waals surface area (Å²) >= 11 is 0. The van der Waals surface area contributed by atoms with Gasteiger partial charge in [-0.2, -0.15) is 0 Å². The van der Waals surface area contributed by atoms with Crippen molar-refractivity contribution >= 4 is 11.8 Å². The maximum Gasteiger partial charge on any atom is 0.247 e. The van der Waals surface area contributed by atoms with Crippen LogP contribution in [0.25, 0.3) is 0 Å². The Morgan fingerprint density at radius 3 is 2.37 bits per heavy atom. The molecule has 2 rings (SSSR count). The molecule has 108 valence electrons.